The summed E-state index contributed by atoms with van der Waals surface area (Å²) in [5.41, 5.74) is 5.67. The molecule has 0 saturated heterocycles. The number of ketones is 1. The van der Waals surface area contributed by atoms with Crippen LogP contribution in [0.2, 0.25) is 0 Å². The maximum atomic E-state index is 12.2. The van der Waals surface area contributed by atoms with Gasteiger partial charge in [0.15, 0.2) is 0 Å². The summed E-state index contributed by atoms with van der Waals surface area (Å²) < 4.78 is 0. The Balaban J connectivity index is 2.57. The third-order valence-electron chi connectivity index (χ3n) is 4.17. The first kappa shape index (κ1) is 12.7. The second-order valence-electron chi connectivity index (χ2n) is 5.00. The van der Waals surface area contributed by atoms with Gasteiger partial charge in [-0.25, -0.2) is 0 Å². The van der Waals surface area contributed by atoms with Crippen molar-refractivity contribution in [3.8, 4) is 0 Å². The summed E-state index contributed by atoms with van der Waals surface area (Å²) in [5, 5.41) is 0. The van der Waals surface area contributed by atoms with Crippen molar-refractivity contribution in [1.82, 2.24) is 0 Å². The summed E-state index contributed by atoms with van der Waals surface area (Å²) in [7, 11) is 0. The number of hydrogen-bond acceptors (Lipinski definition) is 2. The molecule has 88 valence electrons. The SMILES string of the molecule is CCC(CC)CC(=O)C1(CN)CCCC1. The van der Waals surface area contributed by atoms with E-state index in [1.165, 1.54) is 12.8 Å². The Morgan fingerprint density at radius 3 is 2.20 bits per heavy atom. The van der Waals surface area contributed by atoms with Gasteiger partial charge in [-0.3, -0.25) is 4.79 Å². The minimum absolute atomic E-state index is 0.136. The molecule has 0 aliphatic heterocycles. The summed E-state index contributed by atoms with van der Waals surface area (Å²) in [6, 6.07) is 0. The van der Waals surface area contributed by atoms with Crippen molar-refractivity contribution in [3.63, 3.8) is 0 Å². The van der Waals surface area contributed by atoms with Crippen molar-refractivity contribution < 1.29 is 4.79 Å². The van der Waals surface area contributed by atoms with Crippen LogP contribution in [-0.2, 0) is 4.79 Å². The van der Waals surface area contributed by atoms with Gasteiger partial charge in [0.05, 0.1) is 0 Å². The molecular formula is C13H25NO. The standard InChI is InChI=1S/C13H25NO/c1-3-11(4-2)9-12(15)13(10-14)7-5-6-8-13/h11H,3-10,14H2,1-2H3. The molecule has 1 rings (SSSR count). The topological polar surface area (TPSA) is 43.1 Å². The summed E-state index contributed by atoms with van der Waals surface area (Å²) >= 11 is 0. The molecule has 0 bridgehead atoms. The van der Waals surface area contributed by atoms with Gasteiger partial charge in [-0.05, 0) is 18.8 Å². The van der Waals surface area contributed by atoms with Crippen LogP contribution < -0.4 is 5.73 Å². The molecule has 0 aromatic carbocycles. The molecule has 15 heavy (non-hydrogen) atoms. The van der Waals surface area contributed by atoms with Crippen molar-refractivity contribution in [2.45, 2.75) is 58.8 Å². The van der Waals surface area contributed by atoms with Gasteiger partial charge in [-0.2, -0.15) is 0 Å². The van der Waals surface area contributed by atoms with E-state index in [0.717, 1.165) is 32.1 Å². The van der Waals surface area contributed by atoms with Crippen LogP contribution in [0.15, 0.2) is 0 Å². The van der Waals surface area contributed by atoms with Crippen molar-refractivity contribution in [2.24, 2.45) is 17.1 Å². The van der Waals surface area contributed by atoms with E-state index in [1.54, 1.807) is 0 Å². The van der Waals surface area contributed by atoms with Gasteiger partial charge in [0.25, 0.3) is 0 Å². The first-order valence-corrected chi connectivity index (χ1v) is 6.42. The van der Waals surface area contributed by atoms with Gasteiger partial charge in [0.2, 0.25) is 0 Å². The smallest absolute Gasteiger partial charge is 0.140 e. The Hall–Kier alpha value is -0.370. The molecule has 0 spiro atoms. The van der Waals surface area contributed by atoms with Crippen LogP contribution in [0.5, 0.6) is 0 Å². The third-order valence-corrected chi connectivity index (χ3v) is 4.17. The third kappa shape index (κ3) is 2.81. The lowest BCUT2D eigenvalue weighted by Gasteiger charge is -2.27. The number of nitrogens with two attached hydrogens (primary N) is 1. The molecule has 0 aromatic heterocycles. The molecule has 0 unspecified atom stereocenters. The van der Waals surface area contributed by atoms with Crippen LogP contribution in [-0.4, -0.2) is 12.3 Å². The average molecular weight is 211 g/mol. The zero-order valence-corrected chi connectivity index (χ0v) is 10.2. The minimum Gasteiger partial charge on any atom is -0.329 e. The predicted molar refractivity (Wildman–Crippen MR) is 63.7 cm³/mol. The zero-order chi connectivity index (χ0) is 11.3. The molecule has 1 saturated carbocycles. The molecule has 2 heteroatoms. The quantitative estimate of drug-likeness (QED) is 0.734. The lowest BCUT2D eigenvalue weighted by molar-refractivity contribution is -0.129. The second kappa shape index (κ2) is 5.64. The monoisotopic (exact) mass is 211 g/mol. The minimum atomic E-state index is -0.136. The number of carbonyl (C=O) groups is 1. The molecule has 0 radical (unpaired) electrons. The summed E-state index contributed by atoms with van der Waals surface area (Å²) in [6.45, 7) is 4.91. The number of Topliss-reactive ketones (excluding diaryl/α,β-unsaturated/α-hetero) is 1. The van der Waals surface area contributed by atoms with Gasteiger partial charge in [-0.1, -0.05) is 39.5 Å². The highest BCUT2D eigenvalue weighted by Gasteiger charge is 2.39. The van der Waals surface area contributed by atoms with Gasteiger partial charge in [-0.15, -0.1) is 0 Å². The second-order valence-corrected chi connectivity index (χ2v) is 5.00. The van der Waals surface area contributed by atoms with Gasteiger partial charge in [0.1, 0.15) is 5.78 Å². The molecule has 0 heterocycles. The lowest BCUT2D eigenvalue weighted by atomic mass is 9.77. The fourth-order valence-electron chi connectivity index (χ4n) is 2.70. The Labute approximate surface area is 93.6 Å². The Morgan fingerprint density at radius 2 is 1.80 bits per heavy atom. The van der Waals surface area contributed by atoms with E-state index in [2.05, 4.69) is 13.8 Å². The Morgan fingerprint density at radius 1 is 1.27 bits per heavy atom. The molecule has 0 amide bonds. The molecule has 1 aliphatic carbocycles. The predicted octanol–water partition coefficient (Wildman–Crippen LogP) is 2.90. The van der Waals surface area contributed by atoms with Crippen LogP contribution >= 0.6 is 0 Å². The van der Waals surface area contributed by atoms with Gasteiger partial charge >= 0.3 is 0 Å². The fraction of sp³-hybridized carbons (Fsp3) is 0.923. The first-order chi connectivity index (χ1) is 7.18. The summed E-state index contributed by atoms with van der Waals surface area (Å²) in [6.07, 6.45) is 7.42. The fourth-order valence-corrected chi connectivity index (χ4v) is 2.70. The van der Waals surface area contributed by atoms with Crippen LogP contribution in [0, 0.1) is 11.3 Å². The highest BCUT2D eigenvalue weighted by atomic mass is 16.1. The van der Waals surface area contributed by atoms with E-state index in [1.807, 2.05) is 0 Å². The molecule has 2 nitrogen and oxygen atoms in total. The van der Waals surface area contributed by atoms with Gasteiger partial charge in [0, 0.05) is 18.4 Å². The number of rotatable bonds is 6. The lowest BCUT2D eigenvalue weighted by Crippen LogP contribution is -2.37. The largest absolute Gasteiger partial charge is 0.329 e. The highest BCUT2D eigenvalue weighted by molar-refractivity contribution is 5.85. The number of carbonyl (C=O) groups excluding carboxylic acids is 1. The molecule has 1 fully saturated rings. The van der Waals surface area contributed by atoms with E-state index >= 15 is 0 Å². The first-order valence-electron chi connectivity index (χ1n) is 6.42. The van der Waals surface area contributed by atoms with E-state index in [-0.39, 0.29) is 5.41 Å². The zero-order valence-electron chi connectivity index (χ0n) is 10.2. The average Bonchev–Trinajstić information content (AvgIpc) is 2.75. The van der Waals surface area contributed by atoms with Crippen LogP contribution in [0.1, 0.15) is 58.8 Å². The Kier molecular flexibility index (Phi) is 4.78. The van der Waals surface area contributed by atoms with E-state index in [9.17, 15) is 4.79 Å². The molecular weight excluding hydrogens is 186 g/mol. The van der Waals surface area contributed by atoms with Crippen molar-refractivity contribution in [2.75, 3.05) is 6.54 Å². The van der Waals surface area contributed by atoms with E-state index in [4.69, 9.17) is 5.73 Å². The molecule has 2 N–H and O–H groups in total. The van der Waals surface area contributed by atoms with Crippen LogP contribution in [0.25, 0.3) is 0 Å². The Bertz CT molecular complexity index is 203. The van der Waals surface area contributed by atoms with Gasteiger partial charge < -0.3 is 5.73 Å². The summed E-state index contributed by atoms with van der Waals surface area (Å²) in [4.78, 5) is 12.2. The molecule has 0 aromatic rings. The van der Waals surface area contributed by atoms with Crippen LogP contribution in [0.3, 0.4) is 0 Å². The normalized spacial score (nSPS) is 19.7. The maximum absolute atomic E-state index is 12.2. The van der Waals surface area contributed by atoms with Crippen molar-refractivity contribution in [1.29, 1.82) is 0 Å². The van der Waals surface area contributed by atoms with E-state index in [0.29, 0.717) is 18.2 Å². The molecule has 1 aliphatic rings. The maximum Gasteiger partial charge on any atom is 0.140 e. The number of hydrogen-bond donors (Lipinski definition) is 1. The highest BCUT2D eigenvalue weighted by Crippen LogP contribution is 2.39. The van der Waals surface area contributed by atoms with Crippen LogP contribution in [0.4, 0.5) is 0 Å². The van der Waals surface area contributed by atoms with E-state index < -0.39 is 0 Å². The summed E-state index contributed by atoms with van der Waals surface area (Å²) in [5.74, 6) is 1.01. The van der Waals surface area contributed by atoms with Crippen molar-refractivity contribution in [3.05, 3.63) is 0 Å². The van der Waals surface area contributed by atoms with Crippen molar-refractivity contribution >= 4 is 5.78 Å². The molecule has 0 atom stereocenters.